The number of unbranched alkanes of at least 4 members (excludes halogenated alkanes) is 3. The van der Waals surface area contributed by atoms with E-state index in [0.717, 1.165) is 44.2 Å². The van der Waals surface area contributed by atoms with E-state index in [0.29, 0.717) is 39.5 Å². The van der Waals surface area contributed by atoms with E-state index in [4.69, 9.17) is 42.4 Å². The molecule has 0 fully saturated rings. The highest BCUT2D eigenvalue weighted by atomic mass is 16.5. The molecule has 0 aromatic heterocycles. The Balaban J connectivity index is 0.00000353. The van der Waals surface area contributed by atoms with Gasteiger partial charge in [0, 0.05) is 44.2 Å². The molecule has 3 aromatic carbocycles. The predicted octanol–water partition coefficient (Wildman–Crippen LogP) is 1.57. The Bertz CT molecular complexity index is 2060. The molecule has 12 N–H and O–H groups in total. The SMILES string of the molecule is CCCCCCc1ccc(C(=O)NCC(=O)N(C)C2C(=O)N[C@@H](C)C(=O)NC(C(=O)NCC#N)Cc3ccc(OCCN)c(c3)-c3cc2ccc3OCCN)c(OCCN)c1.CCN. The summed E-state index contributed by atoms with van der Waals surface area (Å²) >= 11 is 0. The molecule has 18 heteroatoms. The lowest BCUT2D eigenvalue weighted by Gasteiger charge is -2.30. The zero-order valence-corrected chi connectivity index (χ0v) is 37.5. The Kier molecular flexibility index (Phi) is 22.6. The molecule has 5 amide bonds. The molecule has 3 aromatic rings. The monoisotopic (exact) mass is 887 g/mol. The van der Waals surface area contributed by atoms with E-state index in [1.807, 2.05) is 25.1 Å². The molecule has 3 atom stereocenters. The molecule has 1 aliphatic heterocycles. The zero-order chi connectivity index (χ0) is 47.0. The lowest BCUT2D eigenvalue weighted by Crippen LogP contribution is -2.55. The summed E-state index contributed by atoms with van der Waals surface area (Å²) in [5.74, 6) is -2.06. The number of carbonyl (C=O) groups is 5. The van der Waals surface area contributed by atoms with Gasteiger partial charge in [-0.25, -0.2) is 0 Å². The summed E-state index contributed by atoms with van der Waals surface area (Å²) in [5.41, 5.74) is 25.3. The van der Waals surface area contributed by atoms with Gasteiger partial charge in [-0.15, -0.1) is 0 Å². The first-order valence-corrected chi connectivity index (χ1v) is 21.8. The van der Waals surface area contributed by atoms with Crippen LogP contribution in [0.3, 0.4) is 0 Å². The molecule has 4 bridgehead atoms. The number of aryl methyl sites for hydroxylation is 1. The fourth-order valence-corrected chi connectivity index (χ4v) is 6.81. The molecule has 0 saturated carbocycles. The molecule has 0 saturated heterocycles. The van der Waals surface area contributed by atoms with Crippen LogP contribution in [0.1, 0.15) is 79.5 Å². The molecule has 1 heterocycles. The Morgan fingerprint density at radius 2 is 1.42 bits per heavy atom. The normalized spacial score (nSPS) is 15.7. The topological polar surface area (TPSA) is 292 Å². The average Bonchev–Trinajstić information content (AvgIpc) is 3.29. The lowest BCUT2D eigenvalue weighted by molar-refractivity contribution is -0.139. The van der Waals surface area contributed by atoms with E-state index in [2.05, 4.69) is 28.2 Å². The van der Waals surface area contributed by atoms with E-state index in [9.17, 15) is 24.0 Å². The summed E-state index contributed by atoms with van der Waals surface area (Å²) in [6.07, 6.45) is 5.17. The second kappa shape index (κ2) is 27.7. The molecule has 64 heavy (non-hydrogen) atoms. The first-order chi connectivity index (χ1) is 30.9. The van der Waals surface area contributed by atoms with Crippen LogP contribution in [0.2, 0.25) is 0 Å². The van der Waals surface area contributed by atoms with Crippen molar-refractivity contribution >= 4 is 29.5 Å². The third-order valence-electron chi connectivity index (χ3n) is 9.99. The van der Waals surface area contributed by atoms with E-state index in [1.165, 1.54) is 18.9 Å². The smallest absolute Gasteiger partial charge is 0.255 e. The summed E-state index contributed by atoms with van der Waals surface area (Å²) in [6, 6.07) is 13.7. The van der Waals surface area contributed by atoms with Gasteiger partial charge in [0.05, 0.1) is 18.2 Å². The van der Waals surface area contributed by atoms with Crippen molar-refractivity contribution < 1.29 is 38.2 Å². The zero-order valence-electron chi connectivity index (χ0n) is 37.5. The summed E-state index contributed by atoms with van der Waals surface area (Å²) in [4.78, 5) is 70.0. The number of rotatable bonds is 20. The van der Waals surface area contributed by atoms with Crippen molar-refractivity contribution in [2.45, 2.75) is 77.4 Å². The van der Waals surface area contributed by atoms with Gasteiger partial charge in [0.1, 0.15) is 61.7 Å². The van der Waals surface area contributed by atoms with Crippen LogP contribution in [-0.4, -0.2) is 113 Å². The summed E-state index contributed by atoms with van der Waals surface area (Å²) in [7, 11) is 1.42. The second-order valence-corrected chi connectivity index (χ2v) is 15.0. The van der Waals surface area contributed by atoms with Crippen molar-refractivity contribution in [3.8, 4) is 34.4 Å². The maximum Gasteiger partial charge on any atom is 0.255 e. The number of fused-ring (bicyclic) bond motifs is 5. The third-order valence-corrected chi connectivity index (χ3v) is 9.99. The standard InChI is InChI=1S/C44H59N9O8.C2H7N/c1-4-5-6-7-8-29-9-12-32(38(25-29)61-22-18-48)42(56)50-27-39(54)53(3)40-31-11-14-37(60-21-17-47)34(26-31)33-23-30(10-13-36(33)59-20-16-46)24-35(43(57)49-19-15-45)52-41(55)28(2)51-44(40)58;1-2-3/h9-14,23,25-26,28,35,40H,4-8,16-22,24,27,46-48H2,1-3H3,(H,49,57)(H,50,56)(H,51,58)(H,52,55);2-3H2,1H3/t28-,35?,40?;/m0./s1. The fraction of sp³-hybridized carbons (Fsp3) is 0.478. The van der Waals surface area contributed by atoms with Gasteiger partial charge >= 0.3 is 0 Å². The number of carbonyl (C=O) groups excluding carboxylic acids is 5. The number of benzene rings is 3. The van der Waals surface area contributed by atoms with Crippen LogP contribution in [-0.2, 0) is 32.0 Å². The number of likely N-dealkylation sites (N-methyl/N-ethyl adjacent to an activating group) is 1. The van der Waals surface area contributed by atoms with E-state index >= 15 is 0 Å². The van der Waals surface area contributed by atoms with Gasteiger partial charge in [0.25, 0.3) is 5.91 Å². The molecule has 348 valence electrons. The van der Waals surface area contributed by atoms with Crippen molar-refractivity contribution in [1.29, 1.82) is 5.26 Å². The fourth-order valence-electron chi connectivity index (χ4n) is 6.81. The molecular weight excluding hydrogens is 821 g/mol. The van der Waals surface area contributed by atoms with Crippen molar-refractivity contribution in [3.63, 3.8) is 0 Å². The molecule has 1 aliphatic rings. The van der Waals surface area contributed by atoms with Gasteiger partial charge in [-0.1, -0.05) is 51.3 Å². The highest BCUT2D eigenvalue weighted by Gasteiger charge is 2.33. The van der Waals surface area contributed by atoms with Gasteiger partial charge in [0.15, 0.2) is 0 Å². The van der Waals surface area contributed by atoms with Crippen LogP contribution in [0.25, 0.3) is 11.1 Å². The van der Waals surface area contributed by atoms with Gasteiger partial charge in [-0.2, -0.15) is 5.26 Å². The molecule has 0 radical (unpaired) electrons. The largest absolute Gasteiger partial charge is 0.492 e. The van der Waals surface area contributed by atoms with E-state index < -0.39 is 54.2 Å². The minimum absolute atomic E-state index is 0.0158. The molecule has 0 spiro atoms. The van der Waals surface area contributed by atoms with Crippen molar-refractivity contribution in [2.24, 2.45) is 22.9 Å². The van der Waals surface area contributed by atoms with E-state index in [1.54, 1.807) is 42.5 Å². The number of hydrogen-bond acceptors (Lipinski definition) is 13. The Hall–Kier alpha value is -6.26. The lowest BCUT2D eigenvalue weighted by atomic mass is 9.93. The number of nitrogens with one attached hydrogen (secondary N) is 4. The predicted molar refractivity (Wildman–Crippen MR) is 244 cm³/mol. The van der Waals surface area contributed by atoms with Crippen LogP contribution < -0.4 is 58.4 Å². The highest BCUT2D eigenvalue weighted by Crippen LogP contribution is 2.40. The van der Waals surface area contributed by atoms with E-state index in [-0.39, 0.29) is 58.0 Å². The minimum atomic E-state index is -1.34. The highest BCUT2D eigenvalue weighted by molar-refractivity contribution is 6.00. The van der Waals surface area contributed by atoms with Gasteiger partial charge in [-0.05, 0) is 79.4 Å². The number of nitrogens with zero attached hydrogens (tertiary/aromatic N) is 2. The van der Waals surface area contributed by atoms with Crippen molar-refractivity contribution in [1.82, 2.24) is 26.2 Å². The van der Waals surface area contributed by atoms with Crippen LogP contribution in [0.5, 0.6) is 17.2 Å². The van der Waals surface area contributed by atoms with Gasteiger partial charge in [-0.3, -0.25) is 24.0 Å². The number of ether oxygens (including phenoxy) is 3. The average molecular weight is 887 g/mol. The minimum Gasteiger partial charge on any atom is -0.492 e. The van der Waals surface area contributed by atoms with Crippen LogP contribution in [0.15, 0.2) is 54.6 Å². The Labute approximate surface area is 376 Å². The first-order valence-electron chi connectivity index (χ1n) is 21.8. The second-order valence-electron chi connectivity index (χ2n) is 15.0. The number of hydrogen-bond donors (Lipinski definition) is 8. The van der Waals surface area contributed by atoms with Crippen LogP contribution >= 0.6 is 0 Å². The molecule has 0 aliphatic carbocycles. The molecule has 4 rings (SSSR count). The van der Waals surface area contributed by atoms with Crippen molar-refractivity contribution in [3.05, 3.63) is 76.9 Å². The Morgan fingerprint density at radius 1 is 0.797 bits per heavy atom. The maximum absolute atomic E-state index is 14.3. The quantitative estimate of drug-likeness (QED) is 0.0592. The first kappa shape index (κ1) is 52.1. The van der Waals surface area contributed by atoms with Crippen LogP contribution in [0, 0.1) is 11.3 Å². The molecular formula is C46H66N10O8. The van der Waals surface area contributed by atoms with Gasteiger partial charge < -0.3 is 63.3 Å². The van der Waals surface area contributed by atoms with Crippen molar-refractivity contribution in [2.75, 3.05) is 66.1 Å². The summed E-state index contributed by atoms with van der Waals surface area (Å²) in [6.45, 7) is 6.61. The Morgan fingerprint density at radius 3 is 2.05 bits per heavy atom. The third kappa shape index (κ3) is 15.5. The van der Waals surface area contributed by atoms with Gasteiger partial charge in [0.2, 0.25) is 23.6 Å². The number of nitriles is 1. The molecule has 18 nitrogen and oxygen atoms in total. The number of nitrogens with two attached hydrogens (primary N) is 4. The summed E-state index contributed by atoms with van der Waals surface area (Å²) in [5, 5.41) is 19.7. The van der Waals surface area contributed by atoms with Crippen LogP contribution in [0.4, 0.5) is 0 Å². The maximum atomic E-state index is 14.3. The summed E-state index contributed by atoms with van der Waals surface area (Å²) < 4.78 is 18.0. The molecule has 2 unspecified atom stereocenters. The number of amides is 5.